The third-order valence-corrected chi connectivity index (χ3v) is 3.30. The molecule has 0 saturated heterocycles. The molecule has 2 N–H and O–H groups in total. The molecular weight excluding hydrogens is 258 g/mol. The molecule has 0 aliphatic carbocycles. The van der Waals surface area contributed by atoms with Gasteiger partial charge < -0.3 is 10.6 Å². The molecule has 0 spiro atoms. The van der Waals surface area contributed by atoms with E-state index in [4.69, 9.17) is 0 Å². The van der Waals surface area contributed by atoms with Crippen LogP contribution in [-0.2, 0) is 4.79 Å². The predicted octanol–water partition coefficient (Wildman–Crippen LogP) is 2.02. The Morgan fingerprint density at radius 2 is 1.90 bits per heavy atom. The molecule has 0 aromatic heterocycles. The molecule has 1 amide bonds. The van der Waals surface area contributed by atoms with E-state index in [-0.39, 0.29) is 17.6 Å². The average Bonchev–Trinajstić information content (AvgIpc) is 2.43. The molecular formula is C14H21N3O3. The van der Waals surface area contributed by atoms with Crippen LogP contribution >= 0.6 is 0 Å². The van der Waals surface area contributed by atoms with Gasteiger partial charge in [0.1, 0.15) is 0 Å². The Kier molecular flexibility index (Phi) is 5.21. The lowest BCUT2D eigenvalue weighted by atomic mass is 9.91. The smallest absolute Gasteiger partial charge is 0.269 e. The highest BCUT2D eigenvalue weighted by Crippen LogP contribution is 2.20. The first-order chi connectivity index (χ1) is 9.27. The highest BCUT2D eigenvalue weighted by atomic mass is 16.6. The van der Waals surface area contributed by atoms with Crippen LogP contribution in [0, 0.1) is 15.5 Å². The number of amides is 1. The number of rotatable bonds is 6. The van der Waals surface area contributed by atoms with Gasteiger partial charge in [-0.1, -0.05) is 12.1 Å². The maximum absolute atomic E-state index is 11.7. The predicted molar refractivity (Wildman–Crippen MR) is 77.4 cm³/mol. The molecule has 6 heteroatoms. The summed E-state index contributed by atoms with van der Waals surface area (Å²) < 4.78 is 0. The number of nitro groups is 1. The third kappa shape index (κ3) is 4.03. The Labute approximate surface area is 118 Å². The standard InChI is InChI=1S/C14H21N3O3/c1-10(16-9-14(2,3)13(18)15-4)11-5-7-12(8-6-11)17(19)20/h5-8,10,16H,9H2,1-4H3,(H,15,18). The summed E-state index contributed by atoms with van der Waals surface area (Å²) >= 11 is 0. The summed E-state index contributed by atoms with van der Waals surface area (Å²) in [4.78, 5) is 21.8. The summed E-state index contributed by atoms with van der Waals surface area (Å²) in [5.74, 6) is -0.0269. The monoisotopic (exact) mass is 279 g/mol. The van der Waals surface area contributed by atoms with Crippen LogP contribution in [0.15, 0.2) is 24.3 Å². The fourth-order valence-corrected chi connectivity index (χ4v) is 1.83. The number of nitrogens with one attached hydrogen (secondary N) is 2. The maximum Gasteiger partial charge on any atom is 0.269 e. The number of non-ortho nitro benzene ring substituents is 1. The van der Waals surface area contributed by atoms with Crippen molar-refractivity contribution in [2.24, 2.45) is 5.41 Å². The minimum atomic E-state index is -0.510. The first kappa shape index (κ1) is 16.1. The second-order valence-corrected chi connectivity index (χ2v) is 5.41. The molecule has 0 heterocycles. The Morgan fingerprint density at radius 3 is 2.35 bits per heavy atom. The van der Waals surface area contributed by atoms with Gasteiger partial charge in [-0.3, -0.25) is 14.9 Å². The van der Waals surface area contributed by atoms with Crippen LogP contribution in [-0.4, -0.2) is 24.4 Å². The zero-order valence-electron chi connectivity index (χ0n) is 12.3. The van der Waals surface area contributed by atoms with Crippen LogP contribution in [0.2, 0.25) is 0 Å². The number of hydrogen-bond donors (Lipinski definition) is 2. The van der Waals surface area contributed by atoms with Gasteiger partial charge in [-0.05, 0) is 26.3 Å². The number of carbonyl (C=O) groups is 1. The molecule has 6 nitrogen and oxygen atoms in total. The second-order valence-electron chi connectivity index (χ2n) is 5.41. The van der Waals surface area contributed by atoms with Crippen LogP contribution in [0.3, 0.4) is 0 Å². The SMILES string of the molecule is CNC(=O)C(C)(C)CNC(C)c1ccc([N+](=O)[O-])cc1. The highest BCUT2D eigenvalue weighted by molar-refractivity contribution is 5.81. The first-order valence-corrected chi connectivity index (χ1v) is 6.48. The zero-order chi connectivity index (χ0) is 15.3. The van der Waals surface area contributed by atoms with E-state index >= 15 is 0 Å². The van der Waals surface area contributed by atoms with Crippen LogP contribution < -0.4 is 10.6 Å². The van der Waals surface area contributed by atoms with Gasteiger partial charge in [0.2, 0.25) is 5.91 Å². The van der Waals surface area contributed by atoms with Gasteiger partial charge in [0.25, 0.3) is 5.69 Å². The lowest BCUT2D eigenvalue weighted by Crippen LogP contribution is -2.42. The number of benzene rings is 1. The van der Waals surface area contributed by atoms with Gasteiger partial charge in [-0.2, -0.15) is 0 Å². The summed E-state index contributed by atoms with van der Waals surface area (Å²) in [6, 6.07) is 6.43. The molecule has 1 aromatic carbocycles. The van der Waals surface area contributed by atoms with E-state index in [0.29, 0.717) is 6.54 Å². The molecule has 20 heavy (non-hydrogen) atoms. The Morgan fingerprint density at radius 1 is 1.35 bits per heavy atom. The molecule has 0 radical (unpaired) electrons. The molecule has 1 atom stereocenters. The average molecular weight is 279 g/mol. The van der Waals surface area contributed by atoms with Crippen molar-refractivity contribution in [2.45, 2.75) is 26.8 Å². The number of nitro benzene ring substituents is 1. The lowest BCUT2D eigenvalue weighted by molar-refractivity contribution is -0.384. The van der Waals surface area contributed by atoms with E-state index in [1.807, 2.05) is 20.8 Å². The van der Waals surface area contributed by atoms with Crippen molar-refractivity contribution in [2.75, 3.05) is 13.6 Å². The van der Waals surface area contributed by atoms with Crippen LogP contribution in [0.25, 0.3) is 0 Å². The van der Waals surface area contributed by atoms with Gasteiger partial charge in [-0.15, -0.1) is 0 Å². The fourth-order valence-electron chi connectivity index (χ4n) is 1.83. The Hall–Kier alpha value is -1.95. The van der Waals surface area contributed by atoms with E-state index in [2.05, 4.69) is 10.6 Å². The minimum absolute atomic E-state index is 0.0136. The van der Waals surface area contributed by atoms with Gasteiger partial charge in [0, 0.05) is 31.8 Å². The van der Waals surface area contributed by atoms with Crippen LogP contribution in [0.1, 0.15) is 32.4 Å². The quantitative estimate of drug-likeness (QED) is 0.616. The van der Waals surface area contributed by atoms with Crippen molar-refractivity contribution in [3.05, 3.63) is 39.9 Å². The summed E-state index contributed by atoms with van der Waals surface area (Å²) in [6.45, 7) is 6.20. The Balaban J connectivity index is 2.65. The molecule has 110 valence electrons. The number of nitrogens with zero attached hydrogens (tertiary/aromatic N) is 1. The fraction of sp³-hybridized carbons (Fsp3) is 0.500. The molecule has 0 saturated carbocycles. The highest BCUT2D eigenvalue weighted by Gasteiger charge is 2.26. The van der Waals surface area contributed by atoms with Crippen molar-refractivity contribution in [3.63, 3.8) is 0 Å². The van der Waals surface area contributed by atoms with Crippen molar-refractivity contribution < 1.29 is 9.72 Å². The van der Waals surface area contributed by atoms with Crippen molar-refractivity contribution in [1.29, 1.82) is 0 Å². The van der Waals surface area contributed by atoms with Crippen molar-refractivity contribution in [1.82, 2.24) is 10.6 Å². The lowest BCUT2D eigenvalue weighted by Gasteiger charge is -2.25. The number of carbonyl (C=O) groups excluding carboxylic acids is 1. The summed E-state index contributed by atoms with van der Waals surface area (Å²) in [5.41, 5.74) is 0.513. The summed E-state index contributed by atoms with van der Waals surface area (Å²) in [6.07, 6.45) is 0. The molecule has 1 rings (SSSR count). The zero-order valence-corrected chi connectivity index (χ0v) is 12.3. The Bertz CT molecular complexity index is 483. The molecule has 0 fully saturated rings. The van der Waals surface area contributed by atoms with Crippen LogP contribution in [0.4, 0.5) is 5.69 Å². The summed E-state index contributed by atoms with van der Waals surface area (Å²) in [7, 11) is 1.61. The van der Waals surface area contributed by atoms with E-state index in [1.165, 1.54) is 12.1 Å². The van der Waals surface area contributed by atoms with Crippen molar-refractivity contribution in [3.8, 4) is 0 Å². The van der Waals surface area contributed by atoms with Gasteiger partial charge >= 0.3 is 0 Å². The van der Waals surface area contributed by atoms with E-state index in [9.17, 15) is 14.9 Å². The van der Waals surface area contributed by atoms with Gasteiger partial charge in [-0.25, -0.2) is 0 Å². The summed E-state index contributed by atoms with van der Waals surface area (Å²) in [5, 5.41) is 16.5. The van der Waals surface area contributed by atoms with Gasteiger partial charge in [0.15, 0.2) is 0 Å². The maximum atomic E-state index is 11.7. The third-order valence-electron chi connectivity index (χ3n) is 3.30. The van der Waals surface area contributed by atoms with E-state index < -0.39 is 10.3 Å². The van der Waals surface area contributed by atoms with Crippen LogP contribution in [0.5, 0.6) is 0 Å². The molecule has 0 aliphatic rings. The second kappa shape index (κ2) is 6.47. The van der Waals surface area contributed by atoms with E-state index in [1.54, 1.807) is 19.2 Å². The normalized spacial score (nSPS) is 12.8. The van der Waals surface area contributed by atoms with Crippen molar-refractivity contribution >= 4 is 11.6 Å². The minimum Gasteiger partial charge on any atom is -0.359 e. The molecule has 1 unspecified atom stereocenters. The van der Waals surface area contributed by atoms with E-state index in [0.717, 1.165) is 5.56 Å². The number of hydrogen-bond acceptors (Lipinski definition) is 4. The largest absolute Gasteiger partial charge is 0.359 e. The van der Waals surface area contributed by atoms with Gasteiger partial charge in [0.05, 0.1) is 10.3 Å². The first-order valence-electron chi connectivity index (χ1n) is 6.48. The molecule has 0 aliphatic heterocycles. The topological polar surface area (TPSA) is 84.3 Å². The molecule has 0 bridgehead atoms. The molecule has 1 aromatic rings.